The number of nitrogens with two attached hydrogens (primary N) is 1. The summed E-state index contributed by atoms with van der Waals surface area (Å²) in [5, 5.41) is 2.80. The molecular formula is C34H44N2O4. The third kappa shape index (κ3) is 10.8. The van der Waals surface area contributed by atoms with Crippen molar-refractivity contribution in [1.82, 2.24) is 5.32 Å². The van der Waals surface area contributed by atoms with Gasteiger partial charge in [0.2, 0.25) is 0 Å². The molecule has 0 unspecified atom stereocenters. The molecule has 214 valence electrons. The van der Waals surface area contributed by atoms with Crippen molar-refractivity contribution < 1.29 is 19.0 Å². The lowest BCUT2D eigenvalue weighted by Crippen LogP contribution is -2.27. The van der Waals surface area contributed by atoms with Crippen LogP contribution in [0.2, 0.25) is 0 Å². The molecule has 2 aliphatic rings. The van der Waals surface area contributed by atoms with Crippen molar-refractivity contribution in [3.05, 3.63) is 107 Å². The van der Waals surface area contributed by atoms with Crippen molar-refractivity contribution >= 4 is 6.09 Å². The van der Waals surface area contributed by atoms with E-state index in [4.69, 9.17) is 19.9 Å². The van der Waals surface area contributed by atoms with Gasteiger partial charge in [-0.25, -0.2) is 4.79 Å². The highest BCUT2D eigenvalue weighted by atomic mass is 16.5. The van der Waals surface area contributed by atoms with Crippen LogP contribution >= 0.6 is 0 Å². The largest absolute Gasteiger partial charge is 0.445 e. The van der Waals surface area contributed by atoms with Gasteiger partial charge in [0.15, 0.2) is 0 Å². The summed E-state index contributed by atoms with van der Waals surface area (Å²) in [4.78, 5) is 11.7. The number of amides is 1. The lowest BCUT2D eigenvalue weighted by Gasteiger charge is -2.25. The lowest BCUT2D eigenvalue weighted by atomic mass is 9.97. The predicted octanol–water partition coefficient (Wildman–Crippen LogP) is 5.50. The Hall–Kier alpha value is -3.19. The van der Waals surface area contributed by atoms with Gasteiger partial charge in [0.25, 0.3) is 0 Å². The molecule has 40 heavy (non-hydrogen) atoms. The highest BCUT2D eigenvalue weighted by Gasteiger charge is 2.18. The second-order valence-corrected chi connectivity index (χ2v) is 10.8. The zero-order valence-electron chi connectivity index (χ0n) is 23.6. The zero-order chi connectivity index (χ0) is 27.8. The molecule has 0 radical (unpaired) electrons. The van der Waals surface area contributed by atoms with Gasteiger partial charge in [-0.15, -0.1) is 0 Å². The monoisotopic (exact) mass is 544 g/mol. The molecule has 0 bridgehead atoms. The van der Waals surface area contributed by atoms with Crippen molar-refractivity contribution in [1.29, 1.82) is 0 Å². The summed E-state index contributed by atoms with van der Waals surface area (Å²) in [6.45, 7) is 5.38. The van der Waals surface area contributed by atoms with Gasteiger partial charge >= 0.3 is 6.09 Å². The van der Waals surface area contributed by atoms with Crippen molar-refractivity contribution in [3.63, 3.8) is 0 Å². The summed E-state index contributed by atoms with van der Waals surface area (Å²) in [5.74, 6) is 1.54. The lowest BCUT2D eigenvalue weighted by molar-refractivity contribution is -0.0352. The molecule has 0 atom stereocenters. The minimum Gasteiger partial charge on any atom is -0.445 e. The van der Waals surface area contributed by atoms with E-state index in [-0.39, 0.29) is 6.09 Å². The topological polar surface area (TPSA) is 82.8 Å². The smallest absolute Gasteiger partial charge is 0.407 e. The Labute approximate surface area is 239 Å². The molecule has 0 aliphatic carbocycles. The third-order valence-electron chi connectivity index (χ3n) is 7.47. The van der Waals surface area contributed by atoms with Gasteiger partial charge in [0.05, 0.1) is 26.4 Å². The first-order chi connectivity index (χ1) is 19.7. The molecule has 6 nitrogen and oxygen atoms in total. The predicted molar refractivity (Wildman–Crippen MR) is 159 cm³/mol. The first kappa shape index (κ1) is 29.8. The summed E-state index contributed by atoms with van der Waals surface area (Å²) in [5.41, 5.74) is 11.9. The summed E-state index contributed by atoms with van der Waals surface area (Å²) in [6.07, 6.45) is 6.16. The Morgan fingerprint density at radius 1 is 0.675 bits per heavy atom. The fraction of sp³-hybridized carbons (Fsp3) is 0.441. The maximum atomic E-state index is 11.7. The highest BCUT2D eigenvalue weighted by Crippen LogP contribution is 2.19. The highest BCUT2D eigenvalue weighted by molar-refractivity contribution is 5.67. The molecule has 0 aromatic heterocycles. The standard InChI is InChI=1S/C21H25NO3.C13H19NO/c23-21(25-16-19-4-2-1-3-5-19)22-13-12-18-8-6-17(7-9-18)10-11-20-14-24-15-20;14-8-7-12-3-1-11(2-4-12)5-6-13-9-15-10-13/h1-9,20H,10-16H2,(H,22,23);1-4,13H,5-10,14H2. The quantitative estimate of drug-likeness (QED) is 0.297. The molecular weight excluding hydrogens is 500 g/mol. The number of hydrogen-bond donors (Lipinski definition) is 2. The SMILES string of the molecule is NCCc1ccc(CCC2COC2)cc1.O=C(NCCc1ccc(CCC2COC2)cc1)OCc1ccccc1. The number of carbonyl (C=O) groups is 1. The molecule has 2 heterocycles. The van der Waals surface area contributed by atoms with Gasteiger partial charge in [-0.2, -0.15) is 0 Å². The molecule has 2 aliphatic heterocycles. The normalized spacial score (nSPS) is 14.8. The average Bonchev–Trinajstić information content (AvgIpc) is 2.93. The first-order valence-electron chi connectivity index (χ1n) is 14.6. The van der Waals surface area contributed by atoms with Gasteiger partial charge in [0, 0.05) is 18.4 Å². The van der Waals surface area contributed by atoms with Gasteiger partial charge in [-0.3, -0.25) is 0 Å². The van der Waals surface area contributed by atoms with Gasteiger partial charge < -0.3 is 25.3 Å². The maximum Gasteiger partial charge on any atom is 0.407 e. The van der Waals surface area contributed by atoms with Crippen LogP contribution in [0.15, 0.2) is 78.9 Å². The van der Waals surface area contributed by atoms with E-state index in [0.29, 0.717) is 13.2 Å². The molecule has 0 saturated carbocycles. The average molecular weight is 545 g/mol. The Balaban J connectivity index is 0.000000210. The van der Waals surface area contributed by atoms with Gasteiger partial charge in [0.1, 0.15) is 6.61 Å². The van der Waals surface area contributed by atoms with Crippen LogP contribution in [-0.2, 0) is 46.5 Å². The van der Waals surface area contributed by atoms with Crippen molar-refractivity contribution in [2.45, 2.75) is 45.1 Å². The van der Waals surface area contributed by atoms with Crippen LogP contribution < -0.4 is 11.1 Å². The molecule has 3 N–H and O–H groups in total. The van der Waals surface area contributed by atoms with Crippen LogP contribution in [0.25, 0.3) is 0 Å². The summed E-state index contributed by atoms with van der Waals surface area (Å²) in [7, 11) is 0. The number of alkyl carbamates (subject to hydrolysis) is 1. The summed E-state index contributed by atoms with van der Waals surface area (Å²) in [6, 6.07) is 27.2. The van der Waals surface area contributed by atoms with Gasteiger partial charge in [-0.1, -0.05) is 78.9 Å². The van der Waals surface area contributed by atoms with E-state index in [2.05, 4.69) is 53.8 Å². The number of benzene rings is 3. The molecule has 0 spiro atoms. The van der Waals surface area contributed by atoms with E-state index in [1.807, 2.05) is 30.3 Å². The van der Waals surface area contributed by atoms with E-state index < -0.39 is 0 Å². The maximum absolute atomic E-state index is 11.7. The Morgan fingerprint density at radius 2 is 1.15 bits per heavy atom. The van der Waals surface area contributed by atoms with Gasteiger partial charge in [-0.05, 0) is 72.9 Å². The van der Waals surface area contributed by atoms with Crippen molar-refractivity contribution in [2.75, 3.05) is 39.5 Å². The van der Waals surface area contributed by atoms with E-state index in [9.17, 15) is 4.79 Å². The summed E-state index contributed by atoms with van der Waals surface area (Å²) >= 11 is 0. The zero-order valence-corrected chi connectivity index (χ0v) is 23.6. The minimum atomic E-state index is -0.372. The molecule has 6 heteroatoms. The molecule has 1 amide bonds. The minimum absolute atomic E-state index is 0.299. The van der Waals surface area contributed by atoms with Crippen molar-refractivity contribution in [3.8, 4) is 0 Å². The molecule has 2 fully saturated rings. The molecule has 3 aromatic rings. The molecule has 3 aromatic carbocycles. The Morgan fingerprint density at radius 3 is 1.60 bits per heavy atom. The molecule has 5 rings (SSSR count). The van der Waals surface area contributed by atoms with E-state index in [1.165, 1.54) is 41.5 Å². The first-order valence-corrected chi connectivity index (χ1v) is 14.6. The summed E-state index contributed by atoms with van der Waals surface area (Å²) < 4.78 is 15.6. The second kappa shape index (κ2) is 16.8. The van der Waals surface area contributed by atoms with Crippen LogP contribution in [0.3, 0.4) is 0 Å². The van der Waals surface area contributed by atoms with Crippen LogP contribution in [0.4, 0.5) is 4.79 Å². The molecule has 2 saturated heterocycles. The number of hydrogen-bond acceptors (Lipinski definition) is 5. The van der Waals surface area contributed by atoms with E-state index in [0.717, 1.165) is 69.6 Å². The Bertz CT molecular complexity index is 1110. The Kier molecular flexibility index (Phi) is 12.5. The number of ether oxygens (including phenoxy) is 3. The number of nitrogens with one attached hydrogen (secondary N) is 1. The van der Waals surface area contributed by atoms with Crippen LogP contribution in [0, 0.1) is 11.8 Å². The second-order valence-electron chi connectivity index (χ2n) is 10.8. The third-order valence-corrected chi connectivity index (χ3v) is 7.47. The fourth-order valence-electron chi connectivity index (χ4n) is 4.64. The van der Waals surface area contributed by atoms with Crippen LogP contribution in [0.1, 0.15) is 40.7 Å². The number of rotatable bonds is 13. The fourth-order valence-corrected chi connectivity index (χ4v) is 4.64. The van der Waals surface area contributed by atoms with E-state index >= 15 is 0 Å². The van der Waals surface area contributed by atoms with Crippen LogP contribution in [-0.4, -0.2) is 45.6 Å². The van der Waals surface area contributed by atoms with E-state index in [1.54, 1.807) is 0 Å². The van der Waals surface area contributed by atoms with Crippen LogP contribution in [0.5, 0.6) is 0 Å². The number of aryl methyl sites for hydroxylation is 2. The van der Waals surface area contributed by atoms with Crippen molar-refractivity contribution in [2.24, 2.45) is 17.6 Å². The number of carbonyl (C=O) groups excluding carboxylic acids is 1.